The van der Waals surface area contributed by atoms with Gasteiger partial charge in [-0.2, -0.15) is 0 Å². The fraction of sp³-hybridized carbons (Fsp3) is 0.167. The average Bonchev–Trinajstić information content (AvgIpc) is 2.30. The Kier molecular flexibility index (Phi) is 3.37. The lowest BCUT2D eigenvalue weighted by Gasteiger charge is -2.03. The van der Waals surface area contributed by atoms with Gasteiger partial charge in [-0.25, -0.2) is 9.97 Å². The highest BCUT2D eigenvalue weighted by molar-refractivity contribution is 6.30. The van der Waals surface area contributed by atoms with Crippen molar-refractivity contribution in [3.63, 3.8) is 0 Å². The molecule has 0 unspecified atom stereocenters. The summed E-state index contributed by atoms with van der Waals surface area (Å²) < 4.78 is 5.27. The second kappa shape index (κ2) is 4.94. The molecule has 0 aliphatic rings. The van der Waals surface area contributed by atoms with E-state index in [0.717, 1.165) is 5.56 Å². The van der Waals surface area contributed by atoms with Crippen molar-refractivity contribution in [2.24, 2.45) is 0 Å². The summed E-state index contributed by atoms with van der Waals surface area (Å²) in [5.74, 6) is 1.32. The van der Waals surface area contributed by atoms with Crippen molar-refractivity contribution in [1.82, 2.24) is 9.97 Å². The van der Waals surface area contributed by atoms with E-state index in [2.05, 4.69) is 9.97 Å². The smallest absolute Gasteiger partial charge is 0.159 e. The number of hydrogen-bond donors (Lipinski definition) is 0. The second-order valence-corrected chi connectivity index (χ2v) is 3.62. The number of benzene rings is 1. The van der Waals surface area contributed by atoms with Crippen LogP contribution in [0.15, 0.2) is 36.7 Å². The minimum Gasteiger partial charge on any atom is -0.491 e. The van der Waals surface area contributed by atoms with Gasteiger partial charge in [-0.15, -0.1) is 0 Å². The number of rotatable bonds is 3. The molecule has 0 spiro atoms. The molecule has 82 valence electrons. The number of ether oxygens (including phenoxy) is 1. The normalized spacial score (nSPS) is 10.1. The Labute approximate surface area is 99.1 Å². The third-order valence-corrected chi connectivity index (χ3v) is 2.26. The summed E-state index contributed by atoms with van der Waals surface area (Å²) >= 11 is 5.90. The lowest BCUT2D eigenvalue weighted by atomic mass is 10.2. The summed E-state index contributed by atoms with van der Waals surface area (Å²) in [5.41, 5.74) is 0.899. The van der Waals surface area contributed by atoms with Crippen LogP contribution in [0.1, 0.15) is 6.92 Å². The van der Waals surface area contributed by atoms with Crippen LogP contribution in [0.3, 0.4) is 0 Å². The number of nitrogens with zero attached hydrogens (tertiary/aromatic N) is 2. The molecule has 1 aromatic heterocycles. The maximum atomic E-state index is 5.90. The largest absolute Gasteiger partial charge is 0.491 e. The minimum absolute atomic E-state index is 0.611. The third-order valence-electron chi connectivity index (χ3n) is 2.02. The van der Waals surface area contributed by atoms with Crippen molar-refractivity contribution in [3.05, 3.63) is 41.7 Å². The zero-order valence-electron chi connectivity index (χ0n) is 8.85. The van der Waals surface area contributed by atoms with Gasteiger partial charge in [0.1, 0.15) is 0 Å². The van der Waals surface area contributed by atoms with Gasteiger partial charge in [-0.05, 0) is 19.1 Å². The summed E-state index contributed by atoms with van der Waals surface area (Å²) in [6, 6.07) is 7.44. The first-order valence-electron chi connectivity index (χ1n) is 5.00. The quantitative estimate of drug-likeness (QED) is 0.818. The number of hydrogen-bond acceptors (Lipinski definition) is 3. The van der Waals surface area contributed by atoms with E-state index in [9.17, 15) is 0 Å². The van der Waals surface area contributed by atoms with E-state index < -0.39 is 0 Å². The molecule has 2 aromatic rings. The molecule has 0 atom stereocenters. The maximum Gasteiger partial charge on any atom is 0.159 e. The molecule has 0 saturated carbocycles. The lowest BCUT2D eigenvalue weighted by molar-refractivity contribution is 0.337. The van der Waals surface area contributed by atoms with Gasteiger partial charge in [0.05, 0.1) is 19.0 Å². The summed E-state index contributed by atoms with van der Waals surface area (Å²) in [6.07, 6.45) is 3.32. The SMILES string of the molecule is CCOc1cnc(-c2cccc(Cl)c2)nc1. The lowest BCUT2D eigenvalue weighted by Crippen LogP contribution is -1.94. The van der Waals surface area contributed by atoms with Crippen molar-refractivity contribution >= 4 is 11.6 Å². The molecule has 0 saturated heterocycles. The highest BCUT2D eigenvalue weighted by Gasteiger charge is 2.02. The second-order valence-electron chi connectivity index (χ2n) is 3.19. The van der Waals surface area contributed by atoms with Gasteiger partial charge in [-0.1, -0.05) is 23.7 Å². The Morgan fingerprint density at radius 3 is 2.62 bits per heavy atom. The first-order valence-corrected chi connectivity index (χ1v) is 5.38. The predicted octanol–water partition coefficient (Wildman–Crippen LogP) is 3.20. The van der Waals surface area contributed by atoms with Gasteiger partial charge in [0.25, 0.3) is 0 Å². The monoisotopic (exact) mass is 234 g/mol. The molecule has 4 heteroatoms. The molecule has 0 amide bonds. The summed E-state index contributed by atoms with van der Waals surface area (Å²) in [6.45, 7) is 2.53. The van der Waals surface area contributed by atoms with E-state index >= 15 is 0 Å². The molecule has 3 nitrogen and oxygen atoms in total. The average molecular weight is 235 g/mol. The van der Waals surface area contributed by atoms with Crippen LogP contribution >= 0.6 is 11.6 Å². The molecule has 1 heterocycles. The molecule has 0 N–H and O–H groups in total. The molecular weight excluding hydrogens is 224 g/mol. The summed E-state index contributed by atoms with van der Waals surface area (Å²) in [7, 11) is 0. The van der Waals surface area contributed by atoms with Crippen LogP contribution in [0.5, 0.6) is 5.75 Å². The molecule has 1 aromatic carbocycles. The zero-order valence-corrected chi connectivity index (χ0v) is 9.61. The Bertz CT molecular complexity index is 471. The van der Waals surface area contributed by atoms with Crippen LogP contribution in [0.25, 0.3) is 11.4 Å². The van der Waals surface area contributed by atoms with E-state index in [0.29, 0.717) is 23.2 Å². The van der Waals surface area contributed by atoms with Gasteiger partial charge >= 0.3 is 0 Å². The van der Waals surface area contributed by atoms with Crippen molar-refractivity contribution in [2.45, 2.75) is 6.92 Å². The topological polar surface area (TPSA) is 35.0 Å². The summed E-state index contributed by atoms with van der Waals surface area (Å²) in [5, 5.41) is 0.676. The van der Waals surface area contributed by atoms with Crippen LogP contribution in [-0.2, 0) is 0 Å². The van der Waals surface area contributed by atoms with Crippen LogP contribution in [-0.4, -0.2) is 16.6 Å². The molecule has 0 radical (unpaired) electrons. The maximum absolute atomic E-state index is 5.90. The van der Waals surface area contributed by atoms with Crippen LogP contribution in [0.2, 0.25) is 5.02 Å². The van der Waals surface area contributed by atoms with Gasteiger partial charge < -0.3 is 4.74 Å². The standard InChI is InChI=1S/C12H11ClN2O/c1-2-16-11-7-14-12(15-8-11)9-4-3-5-10(13)6-9/h3-8H,2H2,1H3. The fourth-order valence-electron chi connectivity index (χ4n) is 1.33. The third kappa shape index (κ3) is 2.49. The van der Waals surface area contributed by atoms with E-state index in [4.69, 9.17) is 16.3 Å². The highest BCUT2D eigenvalue weighted by atomic mass is 35.5. The first kappa shape index (κ1) is 10.9. The Morgan fingerprint density at radius 1 is 1.25 bits per heavy atom. The van der Waals surface area contributed by atoms with Gasteiger partial charge in [0.2, 0.25) is 0 Å². The van der Waals surface area contributed by atoms with E-state index in [1.54, 1.807) is 12.4 Å². The molecule has 0 aliphatic heterocycles. The highest BCUT2D eigenvalue weighted by Crippen LogP contribution is 2.20. The molecule has 16 heavy (non-hydrogen) atoms. The molecular formula is C12H11ClN2O. The molecule has 2 rings (SSSR count). The minimum atomic E-state index is 0.611. The zero-order chi connectivity index (χ0) is 11.4. The van der Waals surface area contributed by atoms with E-state index in [1.807, 2.05) is 31.2 Å². The van der Waals surface area contributed by atoms with Crippen molar-refractivity contribution in [2.75, 3.05) is 6.61 Å². The van der Waals surface area contributed by atoms with Crippen molar-refractivity contribution in [3.8, 4) is 17.1 Å². The molecule has 0 aliphatic carbocycles. The Hall–Kier alpha value is -1.61. The van der Waals surface area contributed by atoms with Gasteiger partial charge in [-0.3, -0.25) is 0 Å². The predicted molar refractivity (Wildman–Crippen MR) is 63.6 cm³/mol. The first-order chi connectivity index (χ1) is 7.79. The molecule has 0 fully saturated rings. The Morgan fingerprint density at radius 2 is 2.00 bits per heavy atom. The van der Waals surface area contributed by atoms with E-state index in [-0.39, 0.29) is 0 Å². The summed E-state index contributed by atoms with van der Waals surface area (Å²) in [4.78, 5) is 8.43. The van der Waals surface area contributed by atoms with Gasteiger partial charge in [0, 0.05) is 10.6 Å². The number of halogens is 1. The van der Waals surface area contributed by atoms with Crippen molar-refractivity contribution in [1.29, 1.82) is 0 Å². The van der Waals surface area contributed by atoms with E-state index in [1.165, 1.54) is 0 Å². The number of aromatic nitrogens is 2. The Balaban J connectivity index is 2.27. The molecule has 0 bridgehead atoms. The van der Waals surface area contributed by atoms with Crippen LogP contribution in [0.4, 0.5) is 0 Å². The fourth-order valence-corrected chi connectivity index (χ4v) is 1.52. The van der Waals surface area contributed by atoms with Crippen LogP contribution in [0, 0.1) is 0 Å². The van der Waals surface area contributed by atoms with Crippen molar-refractivity contribution < 1.29 is 4.74 Å². The van der Waals surface area contributed by atoms with Crippen LogP contribution < -0.4 is 4.74 Å². The van der Waals surface area contributed by atoms with Gasteiger partial charge in [0.15, 0.2) is 11.6 Å².